The van der Waals surface area contributed by atoms with E-state index in [4.69, 9.17) is 20.5 Å². The number of amides is 1. The molecule has 4 rings (SSSR count). The van der Waals surface area contributed by atoms with Crippen LogP contribution in [0.1, 0.15) is 18.3 Å². The number of aryl methyl sites for hydroxylation is 1. The third kappa shape index (κ3) is 4.13. The molecule has 0 aliphatic rings. The molecule has 4 aromatic rings. The minimum absolute atomic E-state index is 0.226. The fourth-order valence-corrected chi connectivity index (χ4v) is 3.05. The summed E-state index contributed by atoms with van der Waals surface area (Å²) in [7, 11) is 0. The second kappa shape index (κ2) is 8.61. The Kier molecular flexibility index (Phi) is 5.55. The predicted molar refractivity (Wildman–Crippen MR) is 117 cm³/mol. The molecule has 0 saturated carbocycles. The van der Waals surface area contributed by atoms with Gasteiger partial charge >= 0.3 is 6.09 Å². The number of fused-ring (bicyclic) bond motifs is 1. The summed E-state index contributed by atoms with van der Waals surface area (Å²) in [6.45, 7) is 3.69. The zero-order valence-corrected chi connectivity index (χ0v) is 17.4. The van der Waals surface area contributed by atoms with Crippen molar-refractivity contribution in [3.8, 4) is 28.8 Å². The zero-order chi connectivity index (χ0) is 22.7. The average Bonchev–Trinajstić information content (AvgIpc) is 3.16. The van der Waals surface area contributed by atoms with Crippen molar-refractivity contribution in [2.24, 2.45) is 0 Å². The Morgan fingerprint density at radius 2 is 1.97 bits per heavy atom. The Morgan fingerprint density at radius 1 is 1.19 bits per heavy atom. The normalized spacial score (nSPS) is 10.5. The van der Waals surface area contributed by atoms with Crippen LogP contribution in [0.4, 0.5) is 16.2 Å². The second-order valence-corrected chi connectivity index (χ2v) is 6.77. The van der Waals surface area contributed by atoms with Crippen LogP contribution >= 0.6 is 0 Å². The molecule has 0 aliphatic heterocycles. The standard InChI is InChI=1S/C22H19N7O3/c1-3-31-22(30)25-19-11-18(28-29-13(2)26-27-21(19)29)17-10-15(24)6-9-20(17)32-16-7-4-14(12-23)5-8-16/h4-11H,3,24H2,1-2H3,(H,25,30). The Balaban J connectivity index is 1.81. The third-order valence-corrected chi connectivity index (χ3v) is 4.53. The summed E-state index contributed by atoms with van der Waals surface area (Å²) in [4.78, 5) is 12.0. The van der Waals surface area contributed by atoms with Crippen LogP contribution in [0.5, 0.6) is 11.5 Å². The van der Waals surface area contributed by atoms with Crippen molar-refractivity contribution in [2.75, 3.05) is 17.7 Å². The molecule has 1 amide bonds. The fraction of sp³-hybridized carbons (Fsp3) is 0.136. The van der Waals surface area contributed by atoms with Gasteiger partial charge in [-0.2, -0.15) is 14.9 Å². The Hall–Kier alpha value is -4.65. The van der Waals surface area contributed by atoms with E-state index in [1.807, 2.05) is 0 Å². The van der Waals surface area contributed by atoms with Gasteiger partial charge in [-0.15, -0.1) is 10.2 Å². The van der Waals surface area contributed by atoms with Crippen LogP contribution in [-0.2, 0) is 4.74 Å². The molecular weight excluding hydrogens is 410 g/mol. The molecular formula is C22H19N7O3. The molecule has 160 valence electrons. The second-order valence-electron chi connectivity index (χ2n) is 6.77. The van der Waals surface area contributed by atoms with Crippen LogP contribution < -0.4 is 15.8 Å². The number of nitrogens with two attached hydrogens (primary N) is 1. The highest BCUT2D eigenvalue weighted by molar-refractivity contribution is 5.91. The number of rotatable bonds is 5. The molecule has 0 bridgehead atoms. The van der Waals surface area contributed by atoms with E-state index in [9.17, 15) is 4.79 Å². The van der Waals surface area contributed by atoms with Crippen LogP contribution in [0.25, 0.3) is 16.9 Å². The van der Waals surface area contributed by atoms with E-state index in [1.54, 1.807) is 62.4 Å². The summed E-state index contributed by atoms with van der Waals surface area (Å²) in [5.74, 6) is 1.57. The molecule has 2 aromatic heterocycles. The lowest BCUT2D eigenvalue weighted by Gasteiger charge is -2.14. The number of aromatic nitrogens is 4. The maximum Gasteiger partial charge on any atom is 0.411 e. The van der Waals surface area contributed by atoms with E-state index in [0.717, 1.165) is 0 Å². The third-order valence-electron chi connectivity index (χ3n) is 4.53. The molecule has 10 nitrogen and oxygen atoms in total. The number of nitrogen functional groups attached to an aromatic ring is 1. The molecule has 10 heteroatoms. The number of nitrogens with one attached hydrogen (secondary N) is 1. The Labute approximate surface area is 183 Å². The Morgan fingerprint density at radius 3 is 2.69 bits per heavy atom. The lowest BCUT2D eigenvalue weighted by Crippen LogP contribution is -2.15. The molecule has 0 atom stereocenters. The van der Waals surface area contributed by atoms with Gasteiger partial charge in [0, 0.05) is 11.3 Å². The van der Waals surface area contributed by atoms with Crippen molar-refractivity contribution in [3.63, 3.8) is 0 Å². The minimum atomic E-state index is -0.617. The van der Waals surface area contributed by atoms with Crippen molar-refractivity contribution in [1.82, 2.24) is 19.8 Å². The molecule has 0 spiro atoms. The molecule has 32 heavy (non-hydrogen) atoms. The highest BCUT2D eigenvalue weighted by atomic mass is 16.5. The van der Waals surface area contributed by atoms with Gasteiger partial charge in [0.2, 0.25) is 5.65 Å². The van der Waals surface area contributed by atoms with Gasteiger partial charge in [0.05, 0.1) is 29.6 Å². The number of ether oxygens (including phenoxy) is 2. The molecule has 0 unspecified atom stereocenters. The first-order chi connectivity index (χ1) is 15.5. The van der Waals surface area contributed by atoms with Crippen molar-refractivity contribution in [2.45, 2.75) is 13.8 Å². The van der Waals surface area contributed by atoms with Crippen molar-refractivity contribution in [3.05, 3.63) is 59.9 Å². The van der Waals surface area contributed by atoms with E-state index in [-0.39, 0.29) is 6.61 Å². The van der Waals surface area contributed by atoms with E-state index in [0.29, 0.717) is 51.2 Å². The molecule has 2 aromatic carbocycles. The summed E-state index contributed by atoms with van der Waals surface area (Å²) >= 11 is 0. The minimum Gasteiger partial charge on any atom is -0.457 e. The molecule has 0 aliphatic carbocycles. The molecule has 0 fully saturated rings. The van der Waals surface area contributed by atoms with Gasteiger partial charge in [-0.25, -0.2) is 4.79 Å². The van der Waals surface area contributed by atoms with Crippen LogP contribution in [0.15, 0.2) is 48.5 Å². The molecule has 3 N–H and O–H groups in total. The highest BCUT2D eigenvalue weighted by Crippen LogP contribution is 2.35. The van der Waals surface area contributed by atoms with Crippen LogP contribution in [0, 0.1) is 18.3 Å². The number of hydrogen-bond acceptors (Lipinski definition) is 8. The SMILES string of the molecule is CCOC(=O)Nc1cc(-c2cc(N)ccc2Oc2ccc(C#N)cc2)nn2c(C)nnc12. The van der Waals surface area contributed by atoms with Gasteiger partial charge in [-0.1, -0.05) is 0 Å². The van der Waals surface area contributed by atoms with Crippen LogP contribution in [0.3, 0.4) is 0 Å². The number of carbonyl (C=O) groups is 1. The number of hydrogen-bond donors (Lipinski definition) is 2. The molecule has 0 saturated heterocycles. The smallest absolute Gasteiger partial charge is 0.411 e. The first-order valence-electron chi connectivity index (χ1n) is 9.73. The monoisotopic (exact) mass is 429 g/mol. The lowest BCUT2D eigenvalue weighted by molar-refractivity contribution is 0.168. The quantitative estimate of drug-likeness (QED) is 0.455. The van der Waals surface area contributed by atoms with Gasteiger partial charge in [-0.05, 0) is 62.4 Å². The number of carbonyl (C=O) groups excluding carboxylic acids is 1. The van der Waals surface area contributed by atoms with Gasteiger partial charge in [0.15, 0.2) is 5.82 Å². The summed E-state index contributed by atoms with van der Waals surface area (Å²) in [5, 5.41) is 24.4. The van der Waals surface area contributed by atoms with Gasteiger partial charge < -0.3 is 15.2 Å². The number of anilines is 2. The topological polar surface area (TPSA) is 140 Å². The van der Waals surface area contributed by atoms with E-state index in [2.05, 4.69) is 26.7 Å². The van der Waals surface area contributed by atoms with Gasteiger partial charge in [0.1, 0.15) is 11.5 Å². The zero-order valence-electron chi connectivity index (χ0n) is 17.4. The first-order valence-corrected chi connectivity index (χ1v) is 9.73. The maximum atomic E-state index is 12.0. The van der Waals surface area contributed by atoms with Crippen molar-refractivity contribution in [1.29, 1.82) is 5.26 Å². The number of benzene rings is 2. The number of nitriles is 1. The largest absolute Gasteiger partial charge is 0.457 e. The van der Waals surface area contributed by atoms with Gasteiger partial charge in [-0.3, -0.25) is 5.32 Å². The summed E-state index contributed by atoms with van der Waals surface area (Å²) in [5.41, 5.74) is 8.89. The summed E-state index contributed by atoms with van der Waals surface area (Å²) in [6.07, 6.45) is -0.617. The highest BCUT2D eigenvalue weighted by Gasteiger charge is 2.17. The summed E-state index contributed by atoms with van der Waals surface area (Å²) in [6, 6.07) is 15.6. The predicted octanol–water partition coefficient (Wildman–Crippen LogP) is 3.91. The molecule has 0 radical (unpaired) electrons. The van der Waals surface area contributed by atoms with E-state index < -0.39 is 6.09 Å². The lowest BCUT2D eigenvalue weighted by atomic mass is 10.1. The fourth-order valence-electron chi connectivity index (χ4n) is 3.05. The van der Waals surface area contributed by atoms with Crippen molar-refractivity contribution < 1.29 is 14.3 Å². The van der Waals surface area contributed by atoms with Crippen LogP contribution in [0.2, 0.25) is 0 Å². The maximum absolute atomic E-state index is 12.0. The van der Waals surface area contributed by atoms with Gasteiger partial charge in [0.25, 0.3) is 0 Å². The van der Waals surface area contributed by atoms with E-state index >= 15 is 0 Å². The van der Waals surface area contributed by atoms with E-state index in [1.165, 1.54) is 4.52 Å². The first kappa shape index (κ1) is 20.6. The number of nitrogens with zero attached hydrogens (tertiary/aromatic N) is 5. The van der Waals surface area contributed by atoms with Crippen molar-refractivity contribution >= 4 is 23.1 Å². The Bertz CT molecular complexity index is 1340. The summed E-state index contributed by atoms with van der Waals surface area (Å²) < 4.78 is 12.6. The average molecular weight is 429 g/mol. The van der Waals surface area contributed by atoms with Crippen LogP contribution in [-0.4, -0.2) is 32.5 Å². The molecule has 2 heterocycles.